The second-order valence-corrected chi connectivity index (χ2v) is 7.00. The van der Waals surface area contributed by atoms with E-state index in [-0.39, 0.29) is 0 Å². The van der Waals surface area contributed by atoms with Gasteiger partial charge in [0.05, 0.1) is 0 Å². The molecule has 0 atom stereocenters. The molecule has 2 nitrogen and oxygen atoms in total. The quantitative estimate of drug-likeness (QED) is 0.816. The van der Waals surface area contributed by atoms with Crippen LogP contribution in [0.1, 0.15) is 50.2 Å². The SMILES string of the molecule is CCNCC1(CN(C)Cc2ccc(C)cc2)CCCCC1. The fraction of sp³-hybridized carbons (Fsp3) is 0.684. The zero-order valence-corrected chi connectivity index (χ0v) is 14.1. The minimum atomic E-state index is 0.494. The molecule has 1 saturated carbocycles. The summed E-state index contributed by atoms with van der Waals surface area (Å²) in [4.78, 5) is 2.52. The lowest BCUT2D eigenvalue weighted by atomic mass is 9.73. The van der Waals surface area contributed by atoms with Gasteiger partial charge in [-0.3, -0.25) is 0 Å². The first-order valence-electron chi connectivity index (χ1n) is 8.58. The summed E-state index contributed by atoms with van der Waals surface area (Å²) >= 11 is 0. The molecule has 1 aliphatic rings. The Labute approximate surface area is 130 Å². The number of nitrogens with one attached hydrogen (secondary N) is 1. The van der Waals surface area contributed by atoms with Gasteiger partial charge in [0.1, 0.15) is 0 Å². The molecule has 2 rings (SSSR count). The molecule has 0 spiro atoms. The van der Waals surface area contributed by atoms with Crippen molar-refractivity contribution in [3.05, 3.63) is 35.4 Å². The van der Waals surface area contributed by atoms with Crippen LogP contribution in [0.25, 0.3) is 0 Å². The van der Waals surface area contributed by atoms with Crippen molar-refractivity contribution in [3.63, 3.8) is 0 Å². The Hall–Kier alpha value is -0.860. The van der Waals surface area contributed by atoms with Crippen LogP contribution in [-0.2, 0) is 6.54 Å². The van der Waals surface area contributed by atoms with Crippen LogP contribution in [0.5, 0.6) is 0 Å². The number of nitrogens with zero attached hydrogens (tertiary/aromatic N) is 1. The minimum absolute atomic E-state index is 0.494. The van der Waals surface area contributed by atoms with Crippen molar-refractivity contribution < 1.29 is 0 Å². The van der Waals surface area contributed by atoms with Gasteiger partial charge in [-0.05, 0) is 44.3 Å². The van der Waals surface area contributed by atoms with Gasteiger partial charge in [-0.15, -0.1) is 0 Å². The summed E-state index contributed by atoms with van der Waals surface area (Å²) in [5.41, 5.74) is 3.27. The van der Waals surface area contributed by atoms with Crippen molar-refractivity contribution in [2.45, 2.75) is 52.5 Å². The van der Waals surface area contributed by atoms with E-state index in [1.54, 1.807) is 0 Å². The maximum Gasteiger partial charge on any atom is 0.0230 e. The van der Waals surface area contributed by atoms with Crippen LogP contribution in [0.4, 0.5) is 0 Å². The van der Waals surface area contributed by atoms with Crippen LogP contribution < -0.4 is 5.32 Å². The van der Waals surface area contributed by atoms with E-state index < -0.39 is 0 Å². The third-order valence-corrected chi connectivity index (χ3v) is 4.84. The van der Waals surface area contributed by atoms with Crippen molar-refractivity contribution in [1.82, 2.24) is 10.2 Å². The van der Waals surface area contributed by atoms with Gasteiger partial charge in [-0.2, -0.15) is 0 Å². The van der Waals surface area contributed by atoms with E-state index in [1.807, 2.05) is 0 Å². The first-order valence-corrected chi connectivity index (χ1v) is 8.58. The van der Waals surface area contributed by atoms with Gasteiger partial charge in [-0.25, -0.2) is 0 Å². The molecule has 0 radical (unpaired) electrons. The van der Waals surface area contributed by atoms with Crippen molar-refractivity contribution in [2.24, 2.45) is 5.41 Å². The second-order valence-electron chi connectivity index (χ2n) is 7.00. The zero-order chi connectivity index (χ0) is 15.1. The topological polar surface area (TPSA) is 15.3 Å². The van der Waals surface area contributed by atoms with Crippen LogP contribution in [-0.4, -0.2) is 31.6 Å². The van der Waals surface area contributed by atoms with Gasteiger partial charge < -0.3 is 10.2 Å². The Balaban J connectivity index is 1.93. The predicted octanol–water partition coefficient (Wildman–Crippen LogP) is 3.99. The maximum absolute atomic E-state index is 3.61. The molecule has 1 aromatic rings. The van der Waals surface area contributed by atoms with Crippen LogP contribution in [0.2, 0.25) is 0 Å². The molecule has 0 amide bonds. The summed E-state index contributed by atoms with van der Waals surface area (Å²) in [5.74, 6) is 0. The Morgan fingerprint density at radius 1 is 1.10 bits per heavy atom. The summed E-state index contributed by atoms with van der Waals surface area (Å²) in [6, 6.07) is 8.98. The van der Waals surface area contributed by atoms with E-state index in [9.17, 15) is 0 Å². The average Bonchev–Trinajstić information content (AvgIpc) is 2.48. The molecule has 0 unspecified atom stereocenters. The van der Waals surface area contributed by atoms with E-state index in [1.165, 1.54) is 56.3 Å². The van der Waals surface area contributed by atoms with Crippen LogP contribution >= 0.6 is 0 Å². The van der Waals surface area contributed by atoms with Gasteiger partial charge in [0.15, 0.2) is 0 Å². The largest absolute Gasteiger partial charge is 0.316 e. The summed E-state index contributed by atoms with van der Waals surface area (Å²) < 4.78 is 0. The third-order valence-electron chi connectivity index (χ3n) is 4.84. The van der Waals surface area contributed by atoms with Crippen molar-refractivity contribution in [3.8, 4) is 0 Å². The van der Waals surface area contributed by atoms with Gasteiger partial charge in [-0.1, -0.05) is 56.0 Å². The highest BCUT2D eigenvalue weighted by Crippen LogP contribution is 2.36. The van der Waals surface area contributed by atoms with E-state index in [0.717, 1.165) is 13.1 Å². The fourth-order valence-corrected chi connectivity index (χ4v) is 3.72. The minimum Gasteiger partial charge on any atom is -0.316 e. The second kappa shape index (κ2) is 7.95. The molecule has 1 aliphatic carbocycles. The highest BCUT2D eigenvalue weighted by Gasteiger charge is 2.32. The fourth-order valence-electron chi connectivity index (χ4n) is 3.72. The molecule has 1 fully saturated rings. The number of rotatable bonds is 7. The average molecular weight is 288 g/mol. The molecule has 21 heavy (non-hydrogen) atoms. The highest BCUT2D eigenvalue weighted by atomic mass is 15.1. The molecule has 1 N–H and O–H groups in total. The van der Waals surface area contributed by atoms with Gasteiger partial charge in [0.25, 0.3) is 0 Å². The number of hydrogen-bond donors (Lipinski definition) is 1. The van der Waals surface area contributed by atoms with E-state index >= 15 is 0 Å². The number of aryl methyl sites for hydroxylation is 1. The number of benzene rings is 1. The molecule has 0 aliphatic heterocycles. The Morgan fingerprint density at radius 3 is 2.38 bits per heavy atom. The standard InChI is InChI=1S/C19H32N2/c1-4-20-15-19(12-6-5-7-13-19)16-21(3)14-18-10-8-17(2)9-11-18/h8-11,20H,4-7,12-16H2,1-3H3. The molecule has 0 bridgehead atoms. The van der Waals surface area contributed by atoms with Crippen molar-refractivity contribution in [2.75, 3.05) is 26.7 Å². The van der Waals surface area contributed by atoms with Crippen molar-refractivity contribution >= 4 is 0 Å². The Morgan fingerprint density at radius 2 is 1.76 bits per heavy atom. The van der Waals surface area contributed by atoms with Crippen LogP contribution in [0.3, 0.4) is 0 Å². The summed E-state index contributed by atoms with van der Waals surface area (Å²) in [5, 5.41) is 3.61. The lowest BCUT2D eigenvalue weighted by Crippen LogP contribution is -2.44. The van der Waals surface area contributed by atoms with Gasteiger partial charge in [0.2, 0.25) is 0 Å². The molecule has 118 valence electrons. The number of hydrogen-bond acceptors (Lipinski definition) is 2. The summed E-state index contributed by atoms with van der Waals surface area (Å²) in [6.45, 7) is 8.92. The Bertz CT molecular complexity index is 404. The van der Waals surface area contributed by atoms with E-state index in [0.29, 0.717) is 5.41 Å². The molecular weight excluding hydrogens is 256 g/mol. The lowest BCUT2D eigenvalue weighted by molar-refractivity contribution is 0.114. The van der Waals surface area contributed by atoms with Crippen molar-refractivity contribution in [1.29, 1.82) is 0 Å². The molecule has 0 aromatic heterocycles. The first kappa shape index (κ1) is 16.5. The summed E-state index contributed by atoms with van der Waals surface area (Å²) in [6.07, 6.45) is 7.01. The molecular formula is C19H32N2. The molecule has 0 heterocycles. The summed E-state index contributed by atoms with van der Waals surface area (Å²) in [7, 11) is 2.28. The Kier molecular flexibility index (Phi) is 6.25. The lowest BCUT2D eigenvalue weighted by Gasteiger charge is -2.40. The molecule has 0 saturated heterocycles. The maximum atomic E-state index is 3.61. The zero-order valence-electron chi connectivity index (χ0n) is 14.1. The van der Waals surface area contributed by atoms with Crippen LogP contribution in [0, 0.1) is 12.3 Å². The van der Waals surface area contributed by atoms with Crippen LogP contribution in [0.15, 0.2) is 24.3 Å². The third kappa shape index (κ3) is 5.12. The predicted molar refractivity (Wildman–Crippen MR) is 91.6 cm³/mol. The smallest absolute Gasteiger partial charge is 0.0230 e. The normalized spacial score (nSPS) is 18.1. The molecule has 2 heteroatoms. The first-order chi connectivity index (χ1) is 10.1. The molecule has 1 aromatic carbocycles. The van der Waals surface area contributed by atoms with Gasteiger partial charge >= 0.3 is 0 Å². The highest BCUT2D eigenvalue weighted by molar-refractivity contribution is 5.21. The monoisotopic (exact) mass is 288 g/mol. The van der Waals surface area contributed by atoms with Gasteiger partial charge in [0, 0.05) is 19.6 Å². The van der Waals surface area contributed by atoms with E-state index in [4.69, 9.17) is 0 Å². The van der Waals surface area contributed by atoms with E-state index in [2.05, 4.69) is 55.4 Å².